The van der Waals surface area contributed by atoms with Crippen molar-refractivity contribution in [2.75, 3.05) is 26.2 Å². The van der Waals surface area contributed by atoms with Gasteiger partial charge >= 0.3 is 0 Å². The zero-order valence-electron chi connectivity index (χ0n) is 8.86. The molecule has 2 rings (SSSR count). The Morgan fingerprint density at radius 1 is 1.14 bits per heavy atom. The van der Waals surface area contributed by atoms with Crippen LogP contribution in [-0.4, -0.2) is 42.3 Å². The van der Waals surface area contributed by atoms with Crippen molar-refractivity contribution in [1.29, 1.82) is 0 Å². The van der Waals surface area contributed by atoms with Crippen LogP contribution in [-0.2, 0) is 0 Å². The number of hydrogen-bond acceptors (Lipinski definition) is 3. The molecule has 2 aliphatic rings. The first kappa shape index (κ1) is 10.4. The fourth-order valence-electron chi connectivity index (χ4n) is 1.93. The summed E-state index contributed by atoms with van der Waals surface area (Å²) in [6, 6.07) is 0. The summed E-state index contributed by atoms with van der Waals surface area (Å²) in [7, 11) is 0. The highest BCUT2D eigenvalue weighted by atomic mass is 16.3. The second kappa shape index (κ2) is 4.60. The van der Waals surface area contributed by atoms with Crippen LogP contribution in [0, 0.1) is 11.8 Å². The van der Waals surface area contributed by atoms with Gasteiger partial charge in [0, 0.05) is 26.2 Å². The molecule has 1 atom stereocenters. The lowest BCUT2D eigenvalue weighted by Crippen LogP contribution is -2.38. The molecule has 14 heavy (non-hydrogen) atoms. The van der Waals surface area contributed by atoms with Crippen molar-refractivity contribution in [3.8, 4) is 0 Å². The minimum atomic E-state index is -0.326. The van der Waals surface area contributed by atoms with Crippen molar-refractivity contribution in [2.45, 2.75) is 31.8 Å². The summed E-state index contributed by atoms with van der Waals surface area (Å²) < 4.78 is 0. The average molecular weight is 198 g/mol. The topological polar surface area (TPSA) is 49.5 Å². The Bertz CT molecular complexity index is 164. The van der Waals surface area contributed by atoms with Crippen molar-refractivity contribution in [2.24, 2.45) is 17.6 Å². The SMILES string of the molecule is NCC(O)CN(CC1CC1)CC1CC1. The van der Waals surface area contributed by atoms with E-state index in [4.69, 9.17) is 5.73 Å². The predicted molar refractivity (Wildman–Crippen MR) is 56.9 cm³/mol. The first-order valence-electron chi connectivity index (χ1n) is 5.88. The van der Waals surface area contributed by atoms with Gasteiger partial charge in [-0.25, -0.2) is 0 Å². The van der Waals surface area contributed by atoms with Crippen LogP contribution in [0.25, 0.3) is 0 Å². The summed E-state index contributed by atoms with van der Waals surface area (Å²) in [5, 5.41) is 9.53. The second-order valence-corrected chi connectivity index (χ2v) is 4.99. The minimum Gasteiger partial charge on any atom is -0.390 e. The molecular weight excluding hydrogens is 176 g/mol. The Balaban J connectivity index is 1.71. The Labute approximate surface area is 86.3 Å². The Hall–Kier alpha value is -0.120. The molecule has 0 aromatic carbocycles. The summed E-state index contributed by atoms with van der Waals surface area (Å²) >= 11 is 0. The molecular formula is C11H22N2O. The molecule has 0 radical (unpaired) electrons. The Morgan fingerprint density at radius 2 is 1.64 bits per heavy atom. The van der Waals surface area contributed by atoms with Gasteiger partial charge in [0.2, 0.25) is 0 Å². The van der Waals surface area contributed by atoms with Gasteiger partial charge in [-0.15, -0.1) is 0 Å². The molecule has 0 spiro atoms. The number of aliphatic hydroxyl groups excluding tert-OH is 1. The van der Waals surface area contributed by atoms with E-state index in [2.05, 4.69) is 4.90 Å². The van der Waals surface area contributed by atoms with Gasteiger partial charge in [-0.3, -0.25) is 0 Å². The van der Waals surface area contributed by atoms with Gasteiger partial charge in [0.25, 0.3) is 0 Å². The van der Waals surface area contributed by atoms with Gasteiger partial charge in [-0.1, -0.05) is 0 Å². The lowest BCUT2D eigenvalue weighted by Gasteiger charge is -2.24. The quantitative estimate of drug-likeness (QED) is 0.623. The number of aliphatic hydroxyl groups is 1. The minimum absolute atomic E-state index is 0.326. The fraction of sp³-hybridized carbons (Fsp3) is 1.00. The zero-order valence-corrected chi connectivity index (χ0v) is 8.86. The van der Waals surface area contributed by atoms with E-state index in [0.717, 1.165) is 18.4 Å². The third-order valence-corrected chi connectivity index (χ3v) is 3.17. The van der Waals surface area contributed by atoms with Crippen molar-refractivity contribution in [3.63, 3.8) is 0 Å². The molecule has 3 N–H and O–H groups in total. The molecule has 0 amide bonds. The summed E-state index contributed by atoms with van der Waals surface area (Å²) in [6.07, 6.45) is 5.23. The molecule has 1 unspecified atom stereocenters. The number of rotatable bonds is 7. The summed E-state index contributed by atoms with van der Waals surface area (Å²) in [5.74, 6) is 1.83. The molecule has 0 aliphatic heterocycles. The van der Waals surface area contributed by atoms with Gasteiger partial charge in [0.1, 0.15) is 0 Å². The van der Waals surface area contributed by atoms with E-state index >= 15 is 0 Å². The van der Waals surface area contributed by atoms with Crippen LogP contribution in [0.4, 0.5) is 0 Å². The molecule has 3 heteroatoms. The molecule has 0 saturated heterocycles. The maximum absolute atomic E-state index is 9.53. The smallest absolute Gasteiger partial charge is 0.0789 e. The van der Waals surface area contributed by atoms with Crippen molar-refractivity contribution >= 4 is 0 Å². The van der Waals surface area contributed by atoms with Crippen LogP contribution in [0.5, 0.6) is 0 Å². The molecule has 0 heterocycles. The van der Waals surface area contributed by atoms with Crippen LogP contribution >= 0.6 is 0 Å². The van der Waals surface area contributed by atoms with Gasteiger partial charge in [0.15, 0.2) is 0 Å². The maximum atomic E-state index is 9.53. The average Bonchev–Trinajstić information content (AvgIpc) is 2.99. The van der Waals surface area contributed by atoms with Crippen molar-refractivity contribution < 1.29 is 5.11 Å². The van der Waals surface area contributed by atoms with Crippen LogP contribution in [0.2, 0.25) is 0 Å². The molecule has 82 valence electrons. The lowest BCUT2D eigenvalue weighted by atomic mass is 10.2. The molecule has 0 aromatic rings. The number of nitrogens with zero attached hydrogens (tertiary/aromatic N) is 1. The lowest BCUT2D eigenvalue weighted by molar-refractivity contribution is 0.113. The predicted octanol–water partition coefficient (Wildman–Crippen LogP) is 0.428. The summed E-state index contributed by atoms with van der Waals surface area (Å²) in [4.78, 5) is 2.42. The van der Waals surface area contributed by atoms with Gasteiger partial charge in [-0.05, 0) is 37.5 Å². The first-order valence-corrected chi connectivity index (χ1v) is 5.88. The molecule has 0 aromatic heterocycles. The number of hydrogen-bond donors (Lipinski definition) is 2. The Kier molecular flexibility index (Phi) is 3.42. The van der Waals surface area contributed by atoms with E-state index in [1.807, 2.05) is 0 Å². The summed E-state index contributed by atoms with van der Waals surface area (Å²) in [6.45, 7) is 3.55. The normalized spacial score (nSPS) is 24.2. The van der Waals surface area contributed by atoms with Crippen molar-refractivity contribution in [1.82, 2.24) is 4.90 Å². The van der Waals surface area contributed by atoms with Crippen LogP contribution < -0.4 is 5.73 Å². The highest BCUT2D eigenvalue weighted by Crippen LogP contribution is 2.33. The Morgan fingerprint density at radius 3 is 2.00 bits per heavy atom. The molecule has 2 aliphatic carbocycles. The van der Waals surface area contributed by atoms with E-state index in [1.54, 1.807) is 0 Å². The highest BCUT2D eigenvalue weighted by Gasteiger charge is 2.29. The van der Waals surface area contributed by atoms with Gasteiger partial charge in [-0.2, -0.15) is 0 Å². The molecule has 3 nitrogen and oxygen atoms in total. The van der Waals surface area contributed by atoms with Crippen molar-refractivity contribution in [3.05, 3.63) is 0 Å². The third kappa shape index (κ3) is 3.56. The van der Waals surface area contributed by atoms with E-state index in [1.165, 1.54) is 38.8 Å². The van der Waals surface area contributed by atoms with Crippen LogP contribution in [0.3, 0.4) is 0 Å². The van der Waals surface area contributed by atoms with Gasteiger partial charge in [0.05, 0.1) is 6.10 Å². The van der Waals surface area contributed by atoms with E-state index in [-0.39, 0.29) is 6.10 Å². The standard InChI is InChI=1S/C11H22N2O/c12-5-11(14)8-13(6-9-1-2-9)7-10-3-4-10/h9-11,14H,1-8,12H2. The molecule has 2 fully saturated rings. The highest BCUT2D eigenvalue weighted by molar-refractivity contribution is 4.83. The monoisotopic (exact) mass is 198 g/mol. The van der Waals surface area contributed by atoms with Gasteiger partial charge < -0.3 is 15.7 Å². The largest absolute Gasteiger partial charge is 0.390 e. The van der Waals surface area contributed by atoms with E-state index in [0.29, 0.717) is 6.54 Å². The second-order valence-electron chi connectivity index (χ2n) is 4.99. The van der Waals surface area contributed by atoms with Crippen LogP contribution in [0.1, 0.15) is 25.7 Å². The molecule has 2 saturated carbocycles. The molecule has 0 bridgehead atoms. The van der Waals surface area contributed by atoms with Crippen LogP contribution in [0.15, 0.2) is 0 Å². The summed E-state index contributed by atoms with van der Waals surface area (Å²) in [5.41, 5.74) is 5.44. The van der Waals surface area contributed by atoms with E-state index in [9.17, 15) is 5.11 Å². The fourth-order valence-corrected chi connectivity index (χ4v) is 1.93. The maximum Gasteiger partial charge on any atom is 0.0789 e. The number of nitrogens with two attached hydrogens (primary N) is 1. The first-order chi connectivity index (χ1) is 6.78. The third-order valence-electron chi connectivity index (χ3n) is 3.17. The zero-order chi connectivity index (χ0) is 9.97. The van der Waals surface area contributed by atoms with E-state index < -0.39 is 0 Å².